The highest BCUT2D eigenvalue weighted by atomic mass is 32.2. The van der Waals surface area contributed by atoms with E-state index in [0.29, 0.717) is 28.4 Å². The number of thioether (sulfide) groups is 1. The van der Waals surface area contributed by atoms with Gasteiger partial charge in [-0.05, 0) is 67.6 Å². The molecule has 2 heterocycles. The van der Waals surface area contributed by atoms with Crippen molar-refractivity contribution < 1.29 is 23.7 Å². The molecule has 0 N–H and O–H groups in total. The molecule has 0 saturated carbocycles. The third-order valence-corrected chi connectivity index (χ3v) is 5.93. The van der Waals surface area contributed by atoms with Gasteiger partial charge < -0.3 is 9.15 Å². The molecule has 2 aromatic carbocycles. The van der Waals surface area contributed by atoms with E-state index in [-0.39, 0.29) is 29.0 Å². The molecule has 0 aliphatic carbocycles. The van der Waals surface area contributed by atoms with E-state index in [2.05, 4.69) is 0 Å². The summed E-state index contributed by atoms with van der Waals surface area (Å²) in [6.07, 6.45) is 1.52. The van der Waals surface area contributed by atoms with Gasteiger partial charge in [0.2, 0.25) is 0 Å². The lowest BCUT2D eigenvalue weighted by Crippen LogP contribution is -2.32. The van der Waals surface area contributed by atoms with Gasteiger partial charge >= 0.3 is 0 Å². The van der Waals surface area contributed by atoms with Gasteiger partial charge in [0.15, 0.2) is 0 Å². The van der Waals surface area contributed by atoms with E-state index < -0.39 is 10.8 Å². The molecule has 0 spiro atoms. The topological polar surface area (TPSA) is 103 Å². The van der Waals surface area contributed by atoms with E-state index in [1.54, 1.807) is 31.2 Å². The highest BCUT2D eigenvalue weighted by Crippen LogP contribution is 2.34. The van der Waals surface area contributed by atoms with Crippen LogP contribution in [0.4, 0.5) is 10.5 Å². The Bertz CT molecular complexity index is 1280. The second kappa shape index (κ2) is 9.33. The number of carbonyl (C=O) groups is 2. The number of furan rings is 1. The number of rotatable bonds is 7. The van der Waals surface area contributed by atoms with Crippen molar-refractivity contribution in [1.82, 2.24) is 4.90 Å². The van der Waals surface area contributed by atoms with E-state index >= 15 is 0 Å². The fraction of sp³-hybridized carbons (Fsp3) is 0.167. The molecule has 1 fully saturated rings. The van der Waals surface area contributed by atoms with Gasteiger partial charge in [0.1, 0.15) is 23.9 Å². The minimum absolute atomic E-state index is 0.0329. The Morgan fingerprint density at radius 3 is 2.67 bits per heavy atom. The number of imide groups is 1. The fourth-order valence-corrected chi connectivity index (χ4v) is 4.23. The Morgan fingerprint density at radius 1 is 1.12 bits per heavy atom. The van der Waals surface area contributed by atoms with Crippen LogP contribution in [0.1, 0.15) is 16.9 Å². The molecular formula is C24H20N2O6S. The van der Waals surface area contributed by atoms with Crippen molar-refractivity contribution >= 4 is 34.7 Å². The maximum Gasteiger partial charge on any atom is 0.293 e. The first-order chi connectivity index (χ1) is 15.8. The van der Waals surface area contributed by atoms with E-state index in [0.717, 1.165) is 22.2 Å². The third kappa shape index (κ3) is 4.98. The Kier molecular flexibility index (Phi) is 6.32. The minimum atomic E-state index is -0.436. The average molecular weight is 464 g/mol. The minimum Gasteiger partial charge on any atom is -0.492 e. The van der Waals surface area contributed by atoms with Crippen molar-refractivity contribution in [3.8, 4) is 17.1 Å². The van der Waals surface area contributed by atoms with Gasteiger partial charge in [-0.15, -0.1) is 0 Å². The monoisotopic (exact) mass is 464 g/mol. The number of ether oxygens (including phenoxy) is 1. The molecule has 1 aromatic heterocycles. The molecule has 0 atom stereocenters. The van der Waals surface area contributed by atoms with Crippen molar-refractivity contribution in [1.29, 1.82) is 0 Å². The predicted octanol–water partition coefficient (Wildman–Crippen LogP) is 5.59. The van der Waals surface area contributed by atoms with E-state index in [9.17, 15) is 19.7 Å². The van der Waals surface area contributed by atoms with Gasteiger partial charge in [0, 0.05) is 23.3 Å². The quantitative estimate of drug-likeness (QED) is 0.255. The molecule has 0 bridgehead atoms. The van der Waals surface area contributed by atoms with Gasteiger partial charge in [-0.3, -0.25) is 24.6 Å². The first-order valence-corrected chi connectivity index (χ1v) is 10.9. The summed E-state index contributed by atoms with van der Waals surface area (Å²) in [5.74, 6) is 1.19. The zero-order chi connectivity index (χ0) is 23.5. The second-order valence-corrected chi connectivity index (χ2v) is 8.45. The number of nitro benzene ring substituents is 1. The van der Waals surface area contributed by atoms with Crippen LogP contribution in [0.5, 0.6) is 5.75 Å². The Hall–Kier alpha value is -3.85. The molecule has 9 heteroatoms. The van der Waals surface area contributed by atoms with Crippen LogP contribution in [0.3, 0.4) is 0 Å². The summed E-state index contributed by atoms with van der Waals surface area (Å²) in [6, 6.07) is 15.6. The number of nitro groups is 1. The summed E-state index contributed by atoms with van der Waals surface area (Å²) >= 11 is 0.846. The Labute approximate surface area is 194 Å². The first kappa shape index (κ1) is 22.3. The second-order valence-electron chi connectivity index (χ2n) is 7.46. The lowest BCUT2D eigenvalue weighted by molar-refractivity contribution is -0.385. The third-order valence-electron chi connectivity index (χ3n) is 5.02. The zero-order valence-corrected chi connectivity index (χ0v) is 18.8. The van der Waals surface area contributed by atoms with Crippen LogP contribution in [0.15, 0.2) is 63.9 Å². The molecule has 33 heavy (non-hydrogen) atoms. The lowest BCUT2D eigenvalue weighted by Gasteiger charge is -2.13. The Balaban J connectivity index is 1.43. The maximum atomic E-state index is 12.7. The van der Waals surface area contributed by atoms with Crippen LogP contribution in [-0.2, 0) is 4.79 Å². The fourth-order valence-electron chi connectivity index (χ4n) is 3.38. The van der Waals surface area contributed by atoms with Crippen molar-refractivity contribution in [2.24, 2.45) is 0 Å². The smallest absolute Gasteiger partial charge is 0.293 e. The summed E-state index contributed by atoms with van der Waals surface area (Å²) in [5.41, 5.74) is 2.29. The van der Waals surface area contributed by atoms with Crippen LogP contribution in [0.2, 0.25) is 0 Å². The van der Waals surface area contributed by atoms with Crippen LogP contribution in [-0.4, -0.2) is 34.1 Å². The van der Waals surface area contributed by atoms with Crippen LogP contribution < -0.4 is 4.74 Å². The van der Waals surface area contributed by atoms with Gasteiger partial charge in [-0.2, -0.15) is 0 Å². The number of benzene rings is 2. The molecule has 1 aliphatic rings. The average Bonchev–Trinajstić information content (AvgIpc) is 3.33. The molecular weight excluding hydrogens is 444 g/mol. The standard InChI is InChI=1S/C24H20N2O6S/c1-15-4-3-5-18(12-15)31-11-10-25-23(27)22(33-24(25)28)14-19-7-9-21(32-19)17-6-8-20(26(29)30)16(2)13-17/h3-9,12-14H,10-11H2,1-2H3/b22-14-. The normalized spacial score (nSPS) is 14.8. The molecule has 168 valence electrons. The van der Waals surface area contributed by atoms with Crippen LogP contribution in [0, 0.1) is 24.0 Å². The molecule has 2 amide bonds. The van der Waals surface area contributed by atoms with Crippen molar-refractivity contribution in [2.75, 3.05) is 13.2 Å². The molecule has 0 radical (unpaired) electrons. The highest BCUT2D eigenvalue weighted by molar-refractivity contribution is 8.18. The summed E-state index contributed by atoms with van der Waals surface area (Å²) < 4.78 is 11.4. The Morgan fingerprint density at radius 2 is 1.94 bits per heavy atom. The summed E-state index contributed by atoms with van der Waals surface area (Å²) in [7, 11) is 0. The van der Waals surface area contributed by atoms with E-state index in [4.69, 9.17) is 9.15 Å². The summed E-state index contributed by atoms with van der Waals surface area (Å²) in [6.45, 7) is 3.95. The number of hydrogen-bond acceptors (Lipinski definition) is 7. The van der Waals surface area contributed by atoms with Gasteiger partial charge in [-0.1, -0.05) is 12.1 Å². The number of amides is 2. The van der Waals surface area contributed by atoms with Crippen molar-refractivity contribution in [2.45, 2.75) is 13.8 Å². The zero-order valence-electron chi connectivity index (χ0n) is 17.9. The molecule has 0 unspecified atom stereocenters. The molecule has 3 aromatic rings. The van der Waals surface area contributed by atoms with Crippen LogP contribution in [0.25, 0.3) is 17.4 Å². The number of carbonyl (C=O) groups excluding carboxylic acids is 2. The number of aryl methyl sites for hydroxylation is 2. The number of nitrogens with zero attached hydrogens (tertiary/aromatic N) is 2. The highest BCUT2D eigenvalue weighted by Gasteiger charge is 2.35. The lowest BCUT2D eigenvalue weighted by atomic mass is 10.1. The summed E-state index contributed by atoms with van der Waals surface area (Å²) in [5, 5.41) is 10.6. The molecule has 8 nitrogen and oxygen atoms in total. The summed E-state index contributed by atoms with van der Waals surface area (Å²) in [4.78, 5) is 37.0. The van der Waals surface area contributed by atoms with Crippen molar-refractivity contribution in [3.63, 3.8) is 0 Å². The van der Waals surface area contributed by atoms with Crippen LogP contribution >= 0.6 is 11.8 Å². The maximum absolute atomic E-state index is 12.7. The SMILES string of the molecule is Cc1cccc(OCCN2C(=O)S/C(=C\c3ccc(-c4ccc([N+](=O)[O-])c(C)c4)o3)C2=O)c1. The van der Waals surface area contributed by atoms with Gasteiger partial charge in [-0.25, -0.2) is 0 Å². The van der Waals surface area contributed by atoms with E-state index in [1.165, 1.54) is 12.1 Å². The largest absolute Gasteiger partial charge is 0.492 e. The van der Waals surface area contributed by atoms with Gasteiger partial charge in [0.05, 0.1) is 16.4 Å². The first-order valence-electron chi connectivity index (χ1n) is 10.1. The molecule has 1 aliphatic heterocycles. The van der Waals surface area contributed by atoms with Crippen molar-refractivity contribution in [3.05, 3.63) is 86.5 Å². The van der Waals surface area contributed by atoms with E-state index in [1.807, 2.05) is 31.2 Å². The molecule has 1 saturated heterocycles. The number of hydrogen-bond donors (Lipinski definition) is 0. The molecule has 4 rings (SSSR count). The predicted molar refractivity (Wildman–Crippen MR) is 125 cm³/mol. The van der Waals surface area contributed by atoms with Gasteiger partial charge in [0.25, 0.3) is 16.8 Å².